The molecule has 1 amide bonds. The first kappa shape index (κ1) is 16.2. The fourth-order valence-electron chi connectivity index (χ4n) is 1.47. The van der Waals surface area contributed by atoms with E-state index < -0.39 is 4.92 Å². The largest absolute Gasteiger partial charge is 0.490 e. The summed E-state index contributed by atoms with van der Waals surface area (Å²) in [6.07, 6.45) is 0. The van der Waals surface area contributed by atoms with E-state index in [1.165, 1.54) is 25.3 Å². The van der Waals surface area contributed by atoms with Crippen molar-refractivity contribution in [1.29, 1.82) is 0 Å². The molecule has 0 aliphatic heterocycles. The van der Waals surface area contributed by atoms with Crippen LogP contribution in [-0.4, -0.2) is 43.6 Å². The van der Waals surface area contributed by atoms with Gasteiger partial charge >= 0.3 is 5.69 Å². The minimum atomic E-state index is -0.569. The van der Waals surface area contributed by atoms with E-state index in [4.69, 9.17) is 21.1 Å². The van der Waals surface area contributed by atoms with Gasteiger partial charge in [-0.1, -0.05) is 0 Å². The van der Waals surface area contributed by atoms with Gasteiger partial charge in [0.15, 0.2) is 5.75 Å². The van der Waals surface area contributed by atoms with Gasteiger partial charge in [0.05, 0.1) is 25.2 Å². The molecule has 0 aliphatic rings. The zero-order valence-electron chi connectivity index (χ0n) is 10.9. The van der Waals surface area contributed by atoms with Gasteiger partial charge in [-0.05, 0) is 6.07 Å². The smallest absolute Gasteiger partial charge is 0.310 e. The van der Waals surface area contributed by atoms with E-state index in [2.05, 4.69) is 5.32 Å². The Labute approximate surface area is 121 Å². The molecule has 0 aromatic heterocycles. The van der Waals surface area contributed by atoms with Crippen LogP contribution in [0.5, 0.6) is 5.75 Å². The van der Waals surface area contributed by atoms with Crippen molar-refractivity contribution in [2.75, 3.05) is 32.7 Å². The van der Waals surface area contributed by atoms with Gasteiger partial charge in [0.25, 0.3) is 5.91 Å². The fraction of sp³-hybridized carbons (Fsp3) is 0.417. The molecule has 7 nitrogen and oxygen atoms in total. The minimum absolute atomic E-state index is 0.0426. The second kappa shape index (κ2) is 8.34. The molecule has 1 aromatic carbocycles. The summed E-state index contributed by atoms with van der Waals surface area (Å²) in [5, 5.41) is 13.4. The van der Waals surface area contributed by atoms with Crippen LogP contribution in [0.1, 0.15) is 10.4 Å². The van der Waals surface area contributed by atoms with Crippen LogP contribution >= 0.6 is 11.6 Å². The van der Waals surface area contributed by atoms with E-state index in [0.29, 0.717) is 25.6 Å². The standard InChI is InChI=1S/C12H15ClN2O5/c1-19-11-8-9(2-3-10(11)15(17)18)12(16)14-5-7-20-6-4-13/h2-3,8H,4-7H2,1H3,(H,14,16). The zero-order valence-corrected chi connectivity index (χ0v) is 11.7. The van der Waals surface area contributed by atoms with Crippen molar-refractivity contribution in [1.82, 2.24) is 5.32 Å². The Kier molecular flexibility index (Phi) is 6.75. The SMILES string of the molecule is COc1cc(C(=O)NCCOCCCl)ccc1[N+](=O)[O-]. The average molecular weight is 303 g/mol. The summed E-state index contributed by atoms with van der Waals surface area (Å²) in [6, 6.07) is 3.93. The molecule has 0 saturated carbocycles. The minimum Gasteiger partial charge on any atom is -0.490 e. The maximum absolute atomic E-state index is 11.8. The Bertz CT molecular complexity index is 481. The lowest BCUT2D eigenvalue weighted by molar-refractivity contribution is -0.385. The van der Waals surface area contributed by atoms with Gasteiger partial charge < -0.3 is 14.8 Å². The molecule has 0 atom stereocenters. The molecule has 110 valence electrons. The van der Waals surface area contributed by atoms with Crippen LogP contribution in [0.2, 0.25) is 0 Å². The van der Waals surface area contributed by atoms with E-state index in [0.717, 1.165) is 0 Å². The number of halogens is 1. The molecule has 0 heterocycles. The van der Waals surface area contributed by atoms with Crippen LogP contribution in [0.15, 0.2) is 18.2 Å². The molecule has 1 rings (SSSR count). The number of amides is 1. The van der Waals surface area contributed by atoms with Gasteiger partial charge in [-0.2, -0.15) is 0 Å². The third-order valence-electron chi connectivity index (χ3n) is 2.39. The Balaban J connectivity index is 2.62. The second-order valence-electron chi connectivity index (χ2n) is 3.70. The lowest BCUT2D eigenvalue weighted by Gasteiger charge is -2.07. The number of hydrogen-bond donors (Lipinski definition) is 1. The van der Waals surface area contributed by atoms with Crippen LogP contribution in [-0.2, 0) is 4.74 Å². The summed E-state index contributed by atoms with van der Waals surface area (Å²) in [4.78, 5) is 22.0. The molecule has 0 bridgehead atoms. The number of nitrogens with zero attached hydrogens (tertiary/aromatic N) is 1. The van der Waals surface area contributed by atoms with Crippen molar-refractivity contribution in [3.05, 3.63) is 33.9 Å². The summed E-state index contributed by atoms with van der Waals surface area (Å²) in [5.74, 6) is 0.0849. The number of nitro groups is 1. The highest BCUT2D eigenvalue weighted by Crippen LogP contribution is 2.27. The Morgan fingerprint density at radius 3 is 2.80 bits per heavy atom. The summed E-state index contributed by atoms with van der Waals surface area (Å²) in [6.45, 7) is 1.10. The monoisotopic (exact) mass is 302 g/mol. The van der Waals surface area contributed by atoms with Crippen LogP contribution in [0.25, 0.3) is 0 Å². The first-order valence-corrected chi connectivity index (χ1v) is 6.38. The molecule has 8 heteroatoms. The highest BCUT2D eigenvalue weighted by molar-refractivity contribution is 6.17. The molecule has 0 aliphatic carbocycles. The third-order valence-corrected chi connectivity index (χ3v) is 2.55. The van der Waals surface area contributed by atoms with Gasteiger partial charge in [0, 0.05) is 30.1 Å². The Hall–Kier alpha value is -1.86. The summed E-state index contributed by atoms with van der Waals surface area (Å²) in [7, 11) is 1.31. The van der Waals surface area contributed by atoms with E-state index in [-0.39, 0.29) is 22.9 Å². The van der Waals surface area contributed by atoms with E-state index in [1.807, 2.05) is 0 Å². The number of hydrogen-bond acceptors (Lipinski definition) is 5. The molecule has 0 radical (unpaired) electrons. The first-order chi connectivity index (χ1) is 9.60. The fourth-order valence-corrected chi connectivity index (χ4v) is 1.57. The van der Waals surface area contributed by atoms with Gasteiger partial charge in [0.1, 0.15) is 0 Å². The molecule has 0 fully saturated rings. The van der Waals surface area contributed by atoms with E-state index >= 15 is 0 Å². The Morgan fingerprint density at radius 1 is 1.45 bits per heavy atom. The lowest BCUT2D eigenvalue weighted by atomic mass is 10.2. The normalized spacial score (nSPS) is 10.1. The van der Waals surface area contributed by atoms with Crippen molar-refractivity contribution in [3.8, 4) is 5.75 Å². The number of nitro benzene ring substituents is 1. The van der Waals surface area contributed by atoms with Crippen molar-refractivity contribution in [3.63, 3.8) is 0 Å². The predicted molar refractivity (Wildman–Crippen MR) is 73.5 cm³/mol. The number of methoxy groups -OCH3 is 1. The number of nitrogens with one attached hydrogen (secondary N) is 1. The number of ether oxygens (including phenoxy) is 2. The van der Waals surface area contributed by atoms with Crippen LogP contribution < -0.4 is 10.1 Å². The number of carbonyl (C=O) groups is 1. The van der Waals surface area contributed by atoms with Crippen molar-refractivity contribution < 1.29 is 19.2 Å². The number of carbonyl (C=O) groups excluding carboxylic acids is 1. The Morgan fingerprint density at radius 2 is 2.20 bits per heavy atom. The highest BCUT2D eigenvalue weighted by atomic mass is 35.5. The third kappa shape index (κ3) is 4.67. The second-order valence-corrected chi connectivity index (χ2v) is 4.08. The number of alkyl halides is 1. The van der Waals surface area contributed by atoms with Crippen LogP contribution in [0, 0.1) is 10.1 Å². The first-order valence-electron chi connectivity index (χ1n) is 5.84. The van der Waals surface area contributed by atoms with E-state index in [1.54, 1.807) is 0 Å². The number of benzene rings is 1. The molecular weight excluding hydrogens is 288 g/mol. The van der Waals surface area contributed by atoms with E-state index in [9.17, 15) is 14.9 Å². The predicted octanol–water partition coefficient (Wildman–Crippen LogP) is 1.59. The quantitative estimate of drug-likeness (QED) is 0.341. The maximum Gasteiger partial charge on any atom is 0.310 e. The zero-order chi connectivity index (χ0) is 15.0. The summed E-state index contributed by atoms with van der Waals surface area (Å²) < 4.78 is 10.00. The molecular formula is C12H15ClN2O5. The lowest BCUT2D eigenvalue weighted by Crippen LogP contribution is -2.27. The molecule has 1 N–H and O–H groups in total. The van der Waals surface area contributed by atoms with Crippen molar-refractivity contribution in [2.45, 2.75) is 0 Å². The number of rotatable bonds is 8. The topological polar surface area (TPSA) is 90.7 Å². The average Bonchev–Trinajstić information content (AvgIpc) is 2.45. The molecule has 1 aromatic rings. The molecule has 20 heavy (non-hydrogen) atoms. The van der Waals surface area contributed by atoms with Crippen LogP contribution in [0.4, 0.5) is 5.69 Å². The van der Waals surface area contributed by atoms with Crippen LogP contribution in [0.3, 0.4) is 0 Å². The highest BCUT2D eigenvalue weighted by Gasteiger charge is 2.17. The van der Waals surface area contributed by atoms with Crippen molar-refractivity contribution in [2.24, 2.45) is 0 Å². The van der Waals surface area contributed by atoms with Crippen molar-refractivity contribution >= 4 is 23.2 Å². The summed E-state index contributed by atoms with van der Waals surface area (Å²) in [5.41, 5.74) is 0.0966. The van der Waals surface area contributed by atoms with Gasteiger partial charge in [-0.3, -0.25) is 14.9 Å². The molecule has 0 spiro atoms. The van der Waals surface area contributed by atoms with Gasteiger partial charge in [-0.15, -0.1) is 11.6 Å². The maximum atomic E-state index is 11.8. The van der Waals surface area contributed by atoms with Gasteiger partial charge in [-0.25, -0.2) is 0 Å². The summed E-state index contributed by atoms with van der Waals surface area (Å²) >= 11 is 5.43. The van der Waals surface area contributed by atoms with Gasteiger partial charge in [0.2, 0.25) is 0 Å². The molecule has 0 unspecified atom stereocenters. The molecule has 0 saturated heterocycles.